The van der Waals surface area contributed by atoms with Crippen molar-refractivity contribution < 1.29 is 4.42 Å². The van der Waals surface area contributed by atoms with Gasteiger partial charge in [-0.2, -0.15) is 0 Å². The van der Waals surface area contributed by atoms with Crippen molar-refractivity contribution in [2.75, 3.05) is 0 Å². The summed E-state index contributed by atoms with van der Waals surface area (Å²) in [6, 6.07) is 69.4. The molecule has 10 aromatic rings. The first-order chi connectivity index (χ1) is 28.5. The number of nitrogens with zero attached hydrogens (tertiary/aromatic N) is 2. The van der Waals surface area contributed by atoms with E-state index in [1.54, 1.807) is 0 Å². The van der Waals surface area contributed by atoms with E-state index in [4.69, 9.17) is 14.4 Å². The average Bonchev–Trinajstić information content (AvgIpc) is 3.78. The van der Waals surface area contributed by atoms with E-state index >= 15 is 0 Å². The van der Waals surface area contributed by atoms with Crippen molar-refractivity contribution in [2.24, 2.45) is 0 Å². The summed E-state index contributed by atoms with van der Waals surface area (Å²) in [5.74, 6) is 0.735. The molecule has 0 spiro atoms. The Morgan fingerprint density at radius 1 is 0.397 bits per heavy atom. The minimum Gasteiger partial charge on any atom is -0.456 e. The third-order valence-electron chi connectivity index (χ3n) is 11.8. The SMILES string of the molecule is C[Si]1(C)c2ccccc2-c2c(-c3cccc(-c4cccc(-c5cc(-c6ccccc6)cc(-c6ccccc6)c5)c4)c3)nc(-c3cccc4oc5ccccc5c34)nc21. The van der Waals surface area contributed by atoms with Gasteiger partial charge in [-0.3, -0.25) is 0 Å². The number of fused-ring (bicyclic) bond motifs is 6. The van der Waals surface area contributed by atoms with Crippen LogP contribution in [-0.4, -0.2) is 18.0 Å². The highest BCUT2D eigenvalue weighted by atomic mass is 28.3. The monoisotopic (exact) mass is 758 g/mol. The molecule has 274 valence electrons. The van der Waals surface area contributed by atoms with Gasteiger partial charge in [0.1, 0.15) is 19.2 Å². The molecule has 0 fully saturated rings. The zero-order chi connectivity index (χ0) is 38.8. The minimum atomic E-state index is -2.17. The second-order valence-corrected chi connectivity index (χ2v) is 20.0. The molecule has 1 aliphatic rings. The van der Waals surface area contributed by atoms with Crippen LogP contribution < -0.4 is 10.5 Å². The summed E-state index contributed by atoms with van der Waals surface area (Å²) in [6.07, 6.45) is 0. The molecule has 58 heavy (non-hydrogen) atoms. The lowest BCUT2D eigenvalue weighted by atomic mass is 9.91. The Morgan fingerprint density at radius 2 is 0.879 bits per heavy atom. The Balaban J connectivity index is 1.07. The summed E-state index contributed by atoms with van der Waals surface area (Å²) >= 11 is 0. The second-order valence-electron chi connectivity index (χ2n) is 15.8. The Morgan fingerprint density at radius 3 is 1.59 bits per heavy atom. The summed E-state index contributed by atoms with van der Waals surface area (Å²) in [5, 5.41) is 4.71. The molecule has 8 aromatic carbocycles. The Bertz CT molecular complexity index is 3140. The van der Waals surface area contributed by atoms with Crippen molar-refractivity contribution in [3.8, 4) is 78.3 Å². The normalized spacial score (nSPS) is 12.8. The molecule has 4 heteroatoms. The van der Waals surface area contributed by atoms with Crippen LogP contribution in [0, 0.1) is 0 Å². The number of para-hydroxylation sites is 1. The predicted molar refractivity (Wildman–Crippen MR) is 244 cm³/mol. The molecule has 0 saturated carbocycles. The van der Waals surface area contributed by atoms with Gasteiger partial charge in [-0.15, -0.1) is 0 Å². The van der Waals surface area contributed by atoms with Gasteiger partial charge in [0.2, 0.25) is 0 Å². The van der Waals surface area contributed by atoms with Crippen LogP contribution in [0.15, 0.2) is 199 Å². The van der Waals surface area contributed by atoms with Gasteiger partial charge in [-0.1, -0.05) is 165 Å². The first-order valence-electron chi connectivity index (χ1n) is 19.9. The Hall–Kier alpha value is -7.14. The summed E-state index contributed by atoms with van der Waals surface area (Å²) in [7, 11) is -2.17. The predicted octanol–water partition coefficient (Wildman–Crippen LogP) is 13.2. The van der Waals surface area contributed by atoms with Crippen molar-refractivity contribution >= 4 is 40.5 Å². The van der Waals surface area contributed by atoms with Crippen LogP contribution in [0.2, 0.25) is 13.1 Å². The van der Waals surface area contributed by atoms with Crippen LogP contribution in [0.1, 0.15) is 0 Å². The maximum atomic E-state index is 6.33. The summed E-state index contributed by atoms with van der Waals surface area (Å²) < 4.78 is 6.33. The van der Waals surface area contributed by atoms with E-state index in [-0.39, 0.29) is 0 Å². The van der Waals surface area contributed by atoms with E-state index in [0.717, 1.165) is 61.3 Å². The molecule has 0 amide bonds. The number of hydrogen-bond donors (Lipinski definition) is 0. The van der Waals surface area contributed by atoms with E-state index in [1.165, 1.54) is 49.4 Å². The molecule has 0 atom stereocenters. The molecular weight excluding hydrogens is 721 g/mol. The highest BCUT2D eigenvalue weighted by Gasteiger charge is 2.41. The van der Waals surface area contributed by atoms with Gasteiger partial charge < -0.3 is 4.42 Å². The van der Waals surface area contributed by atoms with Crippen LogP contribution in [-0.2, 0) is 0 Å². The molecule has 0 unspecified atom stereocenters. The minimum absolute atomic E-state index is 0.735. The highest BCUT2D eigenvalue weighted by molar-refractivity contribution is 7.03. The molecule has 2 aromatic heterocycles. The zero-order valence-electron chi connectivity index (χ0n) is 32.3. The smallest absolute Gasteiger partial charge is 0.160 e. The van der Waals surface area contributed by atoms with Gasteiger partial charge in [-0.25, -0.2) is 9.97 Å². The Kier molecular flexibility index (Phi) is 7.95. The first kappa shape index (κ1) is 34.1. The summed E-state index contributed by atoms with van der Waals surface area (Å²) in [5.41, 5.74) is 16.6. The number of furan rings is 1. The molecule has 0 bridgehead atoms. The van der Waals surface area contributed by atoms with Gasteiger partial charge in [0, 0.05) is 32.8 Å². The number of hydrogen-bond acceptors (Lipinski definition) is 3. The van der Waals surface area contributed by atoms with Crippen molar-refractivity contribution in [3.05, 3.63) is 194 Å². The molecule has 3 heterocycles. The zero-order valence-corrected chi connectivity index (χ0v) is 33.3. The quantitative estimate of drug-likeness (QED) is 0.159. The van der Waals surface area contributed by atoms with Crippen LogP contribution >= 0.6 is 0 Å². The standard InChI is InChI=1S/C54H38N2OSi/c1-58(2)49-29-12-10-25-45(49)51-52(55-53(56-54(51)58)46-26-15-28-48-50(46)44-24-9-11-27-47(44)57-48)40-23-14-21-38(31-40)37-20-13-22-39(30-37)43-33-41(35-16-5-3-6-17-35)32-42(34-43)36-18-7-4-8-19-36/h3-34H,1-2H3. The van der Waals surface area contributed by atoms with Crippen LogP contribution in [0.25, 0.3) is 100 Å². The maximum absolute atomic E-state index is 6.33. The third kappa shape index (κ3) is 5.64. The second kappa shape index (κ2) is 13.5. The summed E-state index contributed by atoms with van der Waals surface area (Å²) in [4.78, 5) is 11.0. The highest BCUT2D eigenvalue weighted by Crippen LogP contribution is 2.41. The number of benzene rings is 8. The fourth-order valence-corrected chi connectivity index (χ4v) is 11.9. The van der Waals surface area contributed by atoms with Crippen LogP contribution in [0.4, 0.5) is 0 Å². The molecule has 3 nitrogen and oxygen atoms in total. The first-order valence-corrected chi connectivity index (χ1v) is 22.9. The lowest BCUT2D eigenvalue weighted by Gasteiger charge is -2.19. The molecule has 0 saturated heterocycles. The lowest BCUT2D eigenvalue weighted by Crippen LogP contribution is -2.50. The van der Waals surface area contributed by atoms with E-state index < -0.39 is 8.07 Å². The van der Waals surface area contributed by atoms with E-state index in [2.05, 4.69) is 189 Å². The van der Waals surface area contributed by atoms with Gasteiger partial charge in [0.05, 0.1) is 5.69 Å². The van der Waals surface area contributed by atoms with Crippen molar-refractivity contribution in [2.45, 2.75) is 13.1 Å². The van der Waals surface area contributed by atoms with Crippen LogP contribution in [0.5, 0.6) is 0 Å². The van der Waals surface area contributed by atoms with E-state index in [9.17, 15) is 0 Å². The maximum Gasteiger partial charge on any atom is 0.160 e. The van der Waals surface area contributed by atoms with Crippen molar-refractivity contribution in [1.29, 1.82) is 0 Å². The van der Waals surface area contributed by atoms with Gasteiger partial charge in [-0.05, 0) is 97.7 Å². The largest absolute Gasteiger partial charge is 0.456 e. The number of aromatic nitrogens is 2. The Labute approximate surface area is 339 Å². The van der Waals surface area contributed by atoms with Gasteiger partial charge in [0.15, 0.2) is 5.82 Å². The van der Waals surface area contributed by atoms with Crippen molar-refractivity contribution in [1.82, 2.24) is 9.97 Å². The average molecular weight is 759 g/mol. The van der Waals surface area contributed by atoms with E-state index in [1.807, 2.05) is 18.2 Å². The van der Waals surface area contributed by atoms with Crippen LogP contribution in [0.3, 0.4) is 0 Å². The molecule has 11 rings (SSSR count). The molecule has 0 N–H and O–H groups in total. The topological polar surface area (TPSA) is 38.9 Å². The summed E-state index contributed by atoms with van der Waals surface area (Å²) in [6.45, 7) is 4.84. The fourth-order valence-electron chi connectivity index (χ4n) is 8.95. The molecule has 0 radical (unpaired) electrons. The fraction of sp³-hybridized carbons (Fsp3) is 0.0370. The lowest BCUT2D eigenvalue weighted by molar-refractivity contribution is 0.669. The third-order valence-corrected chi connectivity index (χ3v) is 15.2. The van der Waals surface area contributed by atoms with E-state index in [0.29, 0.717) is 0 Å². The number of rotatable bonds is 6. The van der Waals surface area contributed by atoms with Gasteiger partial charge in [0.25, 0.3) is 0 Å². The van der Waals surface area contributed by atoms with Crippen molar-refractivity contribution in [3.63, 3.8) is 0 Å². The molecule has 1 aliphatic heterocycles. The molecular formula is C54H38N2OSi. The molecule has 0 aliphatic carbocycles. The van der Waals surface area contributed by atoms with Gasteiger partial charge >= 0.3 is 0 Å².